The number of methoxy groups -OCH3 is 1. The van der Waals surface area contributed by atoms with Crippen LogP contribution in [0.25, 0.3) is 21.2 Å². The number of nitrogens with one attached hydrogen (secondary N) is 1. The highest BCUT2D eigenvalue weighted by Gasteiger charge is 2.35. The van der Waals surface area contributed by atoms with Gasteiger partial charge in [-0.15, -0.1) is 11.3 Å². The second-order valence-corrected chi connectivity index (χ2v) is 16.8. The molecule has 1 fully saturated rings. The molecule has 50 heavy (non-hydrogen) atoms. The van der Waals surface area contributed by atoms with Crippen LogP contribution in [0.15, 0.2) is 54.6 Å². The monoisotopic (exact) mass is 747 g/mol. The Morgan fingerprint density at radius 3 is 2.18 bits per heavy atom. The lowest BCUT2D eigenvalue weighted by Crippen LogP contribution is -2.48. The van der Waals surface area contributed by atoms with Crippen molar-refractivity contribution >= 4 is 60.7 Å². The fourth-order valence-electron chi connectivity index (χ4n) is 6.48. The van der Waals surface area contributed by atoms with Gasteiger partial charge in [-0.1, -0.05) is 29.8 Å². The standard InChI is InChI=1S/C36H40ClF2N3O6S2/c1-36(2,3)42(35(44)45)19-21-6-13-26(14-7-21)41(34(43)33-31(37)30-27(38)15-16-28(39)32(30)49-33)20-24-18-23(10-17-29(24)48-4)22-8-11-25(12-9-22)40-50(5,46)47/h8-12,15-18,21,26,40H,6-7,13-14,19-20H2,1-5H3,(H,44,45). The number of nitrogens with zero attached hydrogens (tertiary/aromatic N) is 2. The Hall–Kier alpha value is -3.94. The van der Waals surface area contributed by atoms with E-state index in [-0.39, 0.29) is 38.5 Å². The first-order valence-electron chi connectivity index (χ1n) is 16.1. The van der Waals surface area contributed by atoms with Gasteiger partial charge in [-0.2, -0.15) is 0 Å². The molecule has 0 radical (unpaired) electrons. The smallest absolute Gasteiger partial charge is 0.407 e. The lowest BCUT2D eigenvalue weighted by molar-refractivity contribution is 0.0535. The van der Waals surface area contributed by atoms with E-state index in [2.05, 4.69) is 4.72 Å². The van der Waals surface area contributed by atoms with Gasteiger partial charge in [0.15, 0.2) is 0 Å². The summed E-state index contributed by atoms with van der Waals surface area (Å²) in [6.07, 6.45) is 2.59. The van der Waals surface area contributed by atoms with Crippen molar-refractivity contribution in [2.75, 3.05) is 24.6 Å². The Labute approximate surface area is 299 Å². The van der Waals surface area contributed by atoms with Crippen molar-refractivity contribution in [1.29, 1.82) is 0 Å². The first-order valence-corrected chi connectivity index (χ1v) is 19.2. The minimum atomic E-state index is -3.45. The second-order valence-electron chi connectivity index (χ2n) is 13.6. The van der Waals surface area contributed by atoms with Gasteiger partial charge in [0.1, 0.15) is 22.3 Å². The molecule has 1 aromatic heterocycles. The van der Waals surface area contributed by atoms with Crippen LogP contribution in [0.3, 0.4) is 0 Å². The summed E-state index contributed by atoms with van der Waals surface area (Å²) in [5.41, 5.74) is 2.12. The van der Waals surface area contributed by atoms with Gasteiger partial charge >= 0.3 is 6.09 Å². The molecular formula is C36H40ClF2N3O6S2. The molecular weight excluding hydrogens is 708 g/mol. The summed E-state index contributed by atoms with van der Waals surface area (Å²) >= 11 is 7.43. The van der Waals surface area contributed by atoms with Crippen molar-refractivity contribution in [3.05, 3.63) is 81.7 Å². The van der Waals surface area contributed by atoms with Crippen LogP contribution < -0.4 is 9.46 Å². The number of ether oxygens (including phenoxy) is 1. The second kappa shape index (κ2) is 14.7. The molecule has 1 saturated carbocycles. The minimum Gasteiger partial charge on any atom is -0.496 e. The zero-order valence-electron chi connectivity index (χ0n) is 28.4. The topological polar surface area (TPSA) is 116 Å². The number of fused-ring (bicyclic) bond motifs is 1. The molecule has 2 amide bonds. The average molecular weight is 748 g/mol. The third-order valence-electron chi connectivity index (χ3n) is 9.02. The van der Waals surface area contributed by atoms with Crippen molar-refractivity contribution in [2.24, 2.45) is 5.92 Å². The number of hydrogen-bond donors (Lipinski definition) is 2. The molecule has 14 heteroatoms. The third kappa shape index (κ3) is 8.33. The van der Waals surface area contributed by atoms with Gasteiger partial charge in [0, 0.05) is 35.9 Å². The molecule has 0 bridgehead atoms. The number of benzene rings is 3. The molecule has 3 aromatic carbocycles. The van der Waals surface area contributed by atoms with Gasteiger partial charge in [-0.05, 0) is 99.9 Å². The number of rotatable bonds is 10. The Balaban J connectivity index is 1.49. The van der Waals surface area contributed by atoms with Crippen molar-refractivity contribution in [2.45, 2.75) is 64.6 Å². The zero-order valence-corrected chi connectivity index (χ0v) is 30.8. The number of anilines is 1. The normalized spacial score (nSPS) is 16.6. The van der Waals surface area contributed by atoms with Crippen LogP contribution in [0.2, 0.25) is 5.02 Å². The Kier molecular flexibility index (Phi) is 11.0. The van der Waals surface area contributed by atoms with E-state index in [1.165, 1.54) is 12.0 Å². The molecule has 0 saturated heterocycles. The quantitative estimate of drug-likeness (QED) is 0.168. The molecule has 268 valence electrons. The van der Waals surface area contributed by atoms with E-state index < -0.39 is 39.2 Å². The Morgan fingerprint density at radius 2 is 1.62 bits per heavy atom. The summed E-state index contributed by atoms with van der Waals surface area (Å²) in [7, 11) is -1.92. The minimum absolute atomic E-state index is 0.0293. The van der Waals surface area contributed by atoms with Crippen LogP contribution in [-0.4, -0.2) is 66.8 Å². The van der Waals surface area contributed by atoms with Crippen molar-refractivity contribution in [3.8, 4) is 16.9 Å². The zero-order chi connectivity index (χ0) is 36.5. The number of hydrogen-bond acceptors (Lipinski definition) is 6. The Morgan fingerprint density at radius 1 is 1.00 bits per heavy atom. The molecule has 1 aliphatic rings. The SMILES string of the molecule is COc1ccc(-c2ccc(NS(C)(=O)=O)cc2)cc1CN(C(=O)c1sc2c(F)ccc(F)c2c1Cl)C1CCC(CN(C(=O)O)C(C)(C)C)CC1. The van der Waals surface area contributed by atoms with Gasteiger partial charge in [0.25, 0.3) is 5.91 Å². The van der Waals surface area contributed by atoms with Crippen molar-refractivity contribution in [1.82, 2.24) is 9.80 Å². The summed E-state index contributed by atoms with van der Waals surface area (Å²) < 4.78 is 61.1. The van der Waals surface area contributed by atoms with Crippen LogP contribution in [0, 0.1) is 17.6 Å². The number of carbonyl (C=O) groups is 2. The van der Waals surface area contributed by atoms with Crippen LogP contribution in [0.5, 0.6) is 5.75 Å². The molecule has 9 nitrogen and oxygen atoms in total. The number of carbonyl (C=O) groups excluding carboxylic acids is 1. The first-order chi connectivity index (χ1) is 23.5. The predicted octanol–water partition coefficient (Wildman–Crippen LogP) is 8.86. The summed E-state index contributed by atoms with van der Waals surface area (Å²) in [6.45, 7) is 6.04. The van der Waals surface area contributed by atoms with Crippen molar-refractivity contribution in [3.63, 3.8) is 0 Å². The lowest BCUT2D eigenvalue weighted by atomic mass is 9.84. The van der Waals surface area contributed by atoms with Gasteiger partial charge in [-0.3, -0.25) is 9.52 Å². The number of halogens is 3. The van der Waals surface area contributed by atoms with E-state index >= 15 is 0 Å². The number of sulfonamides is 1. The van der Waals surface area contributed by atoms with E-state index in [0.717, 1.165) is 40.9 Å². The Bertz CT molecular complexity index is 2010. The fourth-order valence-corrected chi connectivity index (χ4v) is 8.55. The van der Waals surface area contributed by atoms with Crippen LogP contribution in [-0.2, 0) is 16.6 Å². The van der Waals surface area contributed by atoms with E-state index in [9.17, 15) is 31.9 Å². The molecule has 1 heterocycles. The van der Waals surface area contributed by atoms with Crippen molar-refractivity contribution < 1.29 is 36.6 Å². The van der Waals surface area contributed by atoms with Crippen LogP contribution in [0.1, 0.15) is 61.7 Å². The fraction of sp³-hybridized carbons (Fsp3) is 0.389. The van der Waals surface area contributed by atoms with E-state index in [1.807, 2.05) is 32.9 Å². The van der Waals surface area contributed by atoms with Gasteiger partial charge in [-0.25, -0.2) is 22.0 Å². The summed E-state index contributed by atoms with van der Waals surface area (Å²) in [5.74, 6) is -1.25. The molecule has 4 aromatic rings. The predicted molar refractivity (Wildman–Crippen MR) is 194 cm³/mol. The van der Waals surface area contributed by atoms with Gasteiger partial charge < -0.3 is 19.6 Å². The molecule has 5 rings (SSSR count). The first kappa shape index (κ1) is 37.3. The summed E-state index contributed by atoms with van der Waals surface area (Å²) in [6, 6.07) is 14.1. The molecule has 0 atom stereocenters. The maximum absolute atomic E-state index is 14.8. The van der Waals surface area contributed by atoms with Gasteiger partial charge in [0.05, 0.1) is 28.5 Å². The molecule has 0 aliphatic heterocycles. The van der Waals surface area contributed by atoms with E-state index in [1.54, 1.807) is 35.2 Å². The number of thiophene rings is 1. The largest absolute Gasteiger partial charge is 0.496 e. The van der Waals surface area contributed by atoms with E-state index in [4.69, 9.17) is 16.3 Å². The highest BCUT2D eigenvalue weighted by Crippen LogP contribution is 2.41. The third-order valence-corrected chi connectivity index (χ3v) is 11.3. The molecule has 2 N–H and O–H groups in total. The maximum atomic E-state index is 14.8. The highest BCUT2D eigenvalue weighted by atomic mass is 35.5. The van der Waals surface area contributed by atoms with E-state index in [0.29, 0.717) is 49.2 Å². The molecule has 0 spiro atoms. The average Bonchev–Trinajstić information content (AvgIpc) is 3.41. The van der Waals surface area contributed by atoms with Crippen LogP contribution in [0.4, 0.5) is 19.3 Å². The van der Waals surface area contributed by atoms with Gasteiger partial charge in [0.2, 0.25) is 10.0 Å². The van der Waals surface area contributed by atoms with Crippen LogP contribution >= 0.6 is 22.9 Å². The summed E-state index contributed by atoms with van der Waals surface area (Å²) in [4.78, 5) is 29.7. The summed E-state index contributed by atoms with van der Waals surface area (Å²) in [5, 5.41) is 9.58. The number of amides is 2. The highest BCUT2D eigenvalue weighted by molar-refractivity contribution is 7.92. The number of carboxylic acid groups (broad SMARTS) is 1. The maximum Gasteiger partial charge on any atom is 0.407 e. The molecule has 1 aliphatic carbocycles. The molecule has 0 unspecified atom stereocenters. The lowest BCUT2D eigenvalue weighted by Gasteiger charge is -2.40.